The van der Waals surface area contributed by atoms with Crippen LogP contribution in [-0.2, 0) is 28.6 Å². The van der Waals surface area contributed by atoms with Crippen LogP contribution >= 0.6 is 11.6 Å². The summed E-state index contributed by atoms with van der Waals surface area (Å²) in [6.07, 6.45) is 2.05. The summed E-state index contributed by atoms with van der Waals surface area (Å²) in [6.45, 7) is 11.4. The van der Waals surface area contributed by atoms with Gasteiger partial charge < -0.3 is 24.4 Å². The van der Waals surface area contributed by atoms with Gasteiger partial charge in [0.1, 0.15) is 12.2 Å². The van der Waals surface area contributed by atoms with Gasteiger partial charge in [-0.2, -0.15) is 0 Å². The second-order valence-electron chi connectivity index (χ2n) is 9.46. The molecule has 1 saturated heterocycles. The van der Waals surface area contributed by atoms with Gasteiger partial charge in [-0.15, -0.1) is 11.6 Å². The lowest BCUT2D eigenvalue weighted by Crippen LogP contribution is -2.65. The van der Waals surface area contributed by atoms with Crippen LogP contribution in [0.4, 0.5) is 0 Å². The Balaban J connectivity index is 2.35. The van der Waals surface area contributed by atoms with Crippen molar-refractivity contribution in [3.63, 3.8) is 0 Å². The Bertz CT molecular complexity index is 912. The number of allylic oxidation sites excluding steroid dienone is 1. The van der Waals surface area contributed by atoms with E-state index in [4.69, 9.17) is 25.8 Å². The first-order valence-corrected chi connectivity index (χ1v) is 11.3. The Morgan fingerprint density at radius 2 is 1.79 bits per heavy atom. The number of fused-ring (bicyclic) bond motifs is 2. The largest absolute Gasteiger partial charge is 0.459 e. The van der Waals surface area contributed by atoms with E-state index in [1.165, 1.54) is 20.8 Å². The fraction of sp³-hybridized carbons (Fsp3) is 0.625. The van der Waals surface area contributed by atoms with Gasteiger partial charge in [0.05, 0.1) is 17.4 Å². The molecule has 182 valence electrons. The molecule has 0 aromatic heterocycles. The third-order valence-corrected chi connectivity index (χ3v) is 7.82. The van der Waals surface area contributed by atoms with E-state index >= 15 is 0 Å². The molecule has 3 aliphatic rings. The summed E-state index contributed by atoms with van der Waals surface area (Å²) in [7, 11) is 0. The summed E-state index contributed by atoms with van der Waals surface area (Å²) >= 11 is 6.62. The van der Waals surface area contributed by atoms with Crippen molar-refractivity contribution in [1.29, 1.82) is 0 Å². The average molecular weight is 483 g/mol. The molecule has 0 amide bonds. The Morgan fingerprint density at radius 3 is 2.36 bits per heavy atom. The Morgan fingerprint density at radius 1 is 1.18 bits per heavy atom. The summed E-state index contributed by atoms with van der Waals surface area (Å²) in [5, 5.41) is 21.8. The Kier molecular flexibility index (Phi) is 6.86. The highest BCUT2D eigenvalue weighted by atomic mass is 35.5. The molecule has 0 saturated carbocycles. The smallest absolute Gasteiger partial charge is 0.312 e. The van der Waals surface area contributed by atoms with Crippen molar-refractivity contribution in [2.24, 2.45) is 23.2 Å². The summed E-state index contributed by atoms with van der Waals surface area (Å²) in [6, 6.07) is 0. The van der Waals surface area contributed by atoms with Crippen LogP contribution < -0.4 is 0 Å². The van der Waals surface area contributed by atoms with Crippen LogP contribution in [0.25, 0.3) is 0 Å². The van der Waals surface area contributed by atoms with Gasteiger partial charge in [-0.3, -0.25) is 14.4 Å². The van der Waals surface area contributed by atoms with Gasteiger partial charge in [0, 0.05) is 25.2 Å². The lowest BCUT2D eigenvalue weighted by molar-refractivity contribution is -0.209. The van der Waals surface area contributed by atoms with Crippen LogP contribution in [0.2, 0.25) is 0 Å². The fourth-order valence-electron chi connectivity index (χ4n) is 5.40. The molecule has 0 aromatic carbocycles. The van der Waals surface area contributed by atoms with E-state index in [-0.39, 0.29) is 0 Å². The quantitative estimate of drug-likeness (QED) is 0.266. The summed E-state index contributed by atoms with van der Waals surface area (Å²) < 4.78 is 16.9. The van der Waals surface area contributed by atoms with E-state index in [2.05, 4.69) is 6.58 Å². The third-order valence-electron chi connectivity index (χ3n) is 7.31. The van der Waals surface area contributed by atoms with Crippen molar-refractivity contribution in [2.45, 2.75) is 70.0 Å². The summed E-state index contributed by atoms with van der Waals surface area (Å²) in [5.41, 5.74) is -2.78. The summed E-state index contributed by atoms with van der Waals surface area (Å²) in [4.78, 5) is 36.9. The zero-order valence-corrected chi connectivity index (χ0v) is 20.1. The van der Waals surface area contributed by atoms with E-state index < -0.39 is 76.5 Å². The van der Waals surface area contributed by atoms with E-state index in [1.54, 1.807) is 38.2 Å². The summed E-state index contributed by atoms with van der Waals surface area (Å²) in [5.74, 6) is -4.40. The second kappa shape index (κ2) is 8.89. The van der Waals surface area contributed by atoms with Gasteiger partial charge in [-0.25, -0.2) is 0 Å². The predicted molar refractivity (Wildman–Crippen MR) is 119 cm³/mol. The molecule has 0 radical (unpaired) electrons. The van der Waals surface area contributed by atoms with Crippen LogP contribution in [0.5, 0.6) is 0 Å². The number of carbonyl (C=O) groups is 3. The number of carbonyl (C=O) groups excluding carboxylic acids is 3. The lowest BCUT2D eigenvalue weighted by atomic mass is 9.56. The minimum Gasteiger partial charge on any atom is -0.459 e. The minimum absolute atomic E-state index is 0.315. The highest BCUT2D eigenvalue weighted by molar-refractivity contribution is 6.23. The topological polar surface area (TPSA) is 119 Å². The van der Waals surface area contributed by atoms with Crippen molar-refractivity contribution in [3.8, 4) is 0 Å². The van der Waals surface area contributed by atoms with E-state index in [0.29, 0.717) is 5.57 Å². The molecule has 1 heterocycles. The number of ether oxygens (including phenoxy) is 3. The highest BCUT2D eigenvalue weighted by Gasteiger charge is 2.67. The molecule has 9 heteroatoms. The van der Waals surface area contributed by atoms with E-state index in [9.17, 15) is 24.6 Å². The van der Waals surface area contributed by atoms with Gasteiger partial charge >= 0.3 is 17.9 Å². The number of halogens is 1. The van der Waals surface area contributed by atoms with Crippen LogP contribution in [0.3, 0.4) is 0 Å². The van der Waals surface area contributed by atoms with Crippen molar-refractivity contribution < 1.29 is 38.8 Å². The van der Waals surface area contributed by atoms with Gasteiger partial charge in [-0.1, -0.05) is 38.7 Å². The molecular weight excluding hydrogens is 452 g/mol. The predicted octanol–water partition coefficient (Wildman–Crippen LogP) is 2.07. The molecule has 33 heavy (non-hydrogen) atoms. The molecule has 0 unspecified atom stereocenters. The first kappa shape index (κ1) is 25.5. The van der Waals surface area contributed by atoms with Crippen molar-refractivity contribution in [2.75, 3.05) is 0 Å². The van der Waals surface area contributed by atoms with Gasteiger partial charge in [0.2, 0.25) is 0 Å². The van der Waals surface area contributed by atoms with Crippen LogP contribution in [0, 0.1) is 23.2 Å². The Hall–Kier alpha value is -2.16. The number of hydrogen-bond acceptors (Lipinski definition) is 8. The SMILES string of the molecule is C=C1/C=C\[C@H](OC(C)=O)[C@@]2(C)C=C[C@@H](O)[C@H](C)[C@@H]2[C@H](OC(C)=O)[C@]2(O)[C@@H](C)C(=O)O[C@H]2[C@H]1Cl. The van der Waals surface area contributed by atoms with Gasteiger partial charge in [0.15, 0.2) is 11.7 Å². The highest BCUT2D eigenvalue weighted by Crippen LogP contribution is 2.53. The maximum absolute atomic E-state index is 12.7. The van der Waals surface area contributed by atoms with E-state index in [0.717, 1.165) is 0 Å². The molecular formula is C24H31ClO8. The average Bonchev–Trinajstić information content (AvgIpc) is 2.96. The number of rotatable bonds is 2. The maximum Gasteiger partial charge on any atom is 0.312 e. The van der Waals surface area contributed by atoms with Crippen LogP contribution in [0.15, 0.2) is 36.5 Å². The number of alkyl halides is 1. The van der Waals surface area contributed by atoms with Gasteiger partial charge in [0.25, 0.3) is 0 Å². The third kappa shape index (κ3) is 4.13. The minimum atomic E-state index is -2.05. The molecule has 0 spiro atoms. The lowest BCUT2D eigenvalue weighted by Gasteiger charge is -2.53. The molecule has 0 aromatic rings. The first-order valence-electron chi connectivity index (χ1n) is 10.9. The Labute approximate surface area is 198 Å². The van der Waals surface area contributed by atoms with Crippen LogP contribution in [-0.4, -0.2) is 63.5 Å². The fourth-order valence-corrected chi connectivity index (χ4v) is 5.73. The number of aliphatic hydroxyl groups is 2. The van der Waals surface area contributed by atoms with Crippen molar-refractivity contribution >= 4 is 29.5 Å². The normalized spacial score (nSPS) is 45.9. The molecule has 1 fully saturated rings. The van der Waals surface area contributed by atoms with Crippen molar-refractivity contribution in [1.82, 2.24) is 0 Å². The monoisotopic (exact) mass is 482 g/mol. The van der Waals surface area contributed by atoms with Gasteiger partial charge in [-0.05, 0) is 24.5 Å². The van der Waals surface area contributed by atoms with E-state index in [1.807, 2.05) is 0 Å². The second-order valence-corrected chi connectivity index (χ2v) is 9.93. The zero-order chi connectivity index (χ0) is 24.9. The molecule has 2 aliphatic carbocycles. The molecule has 2 N–H and O–H groups in total. The molecule has 1 aliphatic heterocycles. The number of aliphatic hydroxyl groups excluding tert-OH is 1. The molecule has 3 rings (SSSR count). The molecule has 0 bridgehead atoms. The van der Waals surface area contributed by atoms with Crippen LogP contribution in [0.1, 0.15) is 34.6 Å². The standard InChI is InChI=1S/C24H31ClO8/c1-11-7-8-17(31-14(4)26)23(6)10-9-16(28)12(2)18(23)20(32-15(5)27)24(30)13(3)22(29)33-21(24)19(11)25/h7-10,12-13,16-21,28,30H,1H2,2-6H3/b8-7-/t12-,13-,16+,17-,18+,19-,20-,21-,23+,24+/m0/s1. The van der Waals surface area contributed by atoms with Crippen molar-refractivity contribution in [3.05, 3.63) is 36.5 Å². The zero-order valence-electron chi connectivity index (χ0n) is 19.4. The first-order chi connectivity index (χ1) is 15.2. The number of esters is 3. The molecule has 8 nitrogen and oxygen atoms in total. The maximum atomic E-state index is 12.7. The number of hydrogen-bond donors (Lipinski definition) is 2. The molecule has 10 atom stereocenters.